The third-order valence-corrected chi connectivity index (χ3v) is 12.6. The van der Waals surface area contributed by atoms with Gasteiger partial charge in [-0.3, -0.25) is 0 Å². The average Bonchev–Trinajstić information content (AvgIpc) is 3.80. The highest BCUT2D eigenvalue weighted by Gasteiger charge is 2.30. The Morgan fingerprint density at radius 1 is 0.345 bits per heavy atom. The molecule has 1 aliphatic heterocycles. The first kappa shape index (κ1) is 30.5. The Kier molecular flexibility index (Phi) is 6.54. The summed E-state index contributed by atoms with van der Waals surface area (Å²) in [4.78, 5) is 2.51. The van der Waals surface area contributed by atoms with E-state index < -0.39 is 0 Å². The number of nitrogens with zero attached hydrogens (tertiary/aromatic N) is 2. The van der Waals surface area contributed by atoms with Gasteiger partial charge in [0.2, 0.25) is 0 Å². The fourth-order valence-corrected chi connectivity index (χ4v) is 10.2. The van der Waals surface area contributed by atoms with Crippen LogP contribution in [0.4, 0.5) is 17.1 Å². The van der Waals surface area contributed by atoms with Gasteiger partial charge in [-0.05, 0) is 99.9 Å². The van der Waals surface area contributed by atoms with Crippen LogP contribution in [0, 0.1) is 0 Å². The molecule has 0 aliphatic carbocycles. The van der Waals surface area contributed by atoms with E-state index in [1.54, 1.807) is 0 Å². The number of hydrogen-bond acceptors (Lipinski definition) is 2. The molecule has 2 aromatic heterocycles. The number of fused-ring (bicyclic) bond motifs is 9. The highest BCUT2D eigenvalue weighted by molar-refractivity contribution is 7.26. The minimum absolute atomic E-state index is 1.16. The predicted octanol–water partition coefficient (Wildman–Crippen LogP) is 15.1. The summed E-state index contributed by atoms with van der Waals surface area (Å²) >= 11 is 1.88. The molecule has 0 radical (unpaired) electrons. The SMILES string of the molecule is c1ccc(-c2ccc3c(c2)c2cc(-c4ccc5c6c(cccc46)N(c4ccccc4)c4c-5ccc5sc6ccccc6c45)ccc2n3-c2ccccc2)cc1. The van der Waals surface area contributed by atoms with Crippen LogP contribution in [0.5, 0.6) is 0 Å². The molecule has 11 aromatic rings. The van der Waals surface area contributed by atoms with E-state index in [9.17, 15) is 0 Å². The molecular formula is C52H32N2S. The second kappa shape index (κ2) is 11.8. The number of aromatic nitrogens is 1. The molecule has 0 N–H and O–H groups in total. The highest BCUT2D eigenvalue weighted by atomic mass is 32.1. The average molecular weight is 717 g/mol. The summed E-state index contributed by atoms with van der Waals surface area (Å²) in [5.41, 5.74) is 14.7. The maximum atomic E-state index is 2.51. The Bertz CT molecular complexity index is 3300. The number of hydrogen-bond donors (Lipinski definition) is 0. The Morgan fingerprint density at radius 2 is 0.964 bits per heavy atom. The first-order valence-corrected chi connectivity index (χ1v) is 19.7. The molecule has 0 unspecified atom stereocenters. The molecule has 3 heterocycles. The van der Waals surface area contributed by atoms with Gasteiger partial charge in [0.15, 0.2) is 0 Å². The lowest BCUT2D eigenvalue weighted by molar-refractivity contribution is 1.18. The number of benzene rings is 9. The summed E-state index contributed by atoms with van der Waals surface area (Å²) in [6, 6.07) is 71.4. The second-order valence-corrected chi connectivity index (χ2v) is 15.5. The second-order valence-electron chi connectivity index (χ2n) is 14.5. The lowest BCUT2D eigenvalue weighted by Gasteiger charge is -2.34. The summed E-state index contributed by atoms with van der Waals surface area (Å²) < 4.78 is 5.04. The van der Waals surface area contributed by atoms with Gasteiger partial charge in [0, 0.05) is 53.3 Å². The summed E-state index contributed by atoms with van der Waals surface area (Å²) in [6.07, 6.45) is 0. The van der Waals surface area contributed by atoms with E-state index in [2.05, 4.69) is 204 Å². The van der Waals surface area contributed by atoms with Crippen molar-refractivity contribution in [2.45, 2.75) is 0 Å². The molecule has 256 valence electrons. The summed E-state index contributed by atoms with van der Waals surface area (Å²) in [6.45, 7) is 0. The molecule has 2 nitrogen and oxygen atoms in total. The van der Waals surface area contributed by atoms with E-state index in [1.807, 2.05) is 11.3 Å². The van der Waals surface area contributed by atoms with Crippen LogP contribution < -0.4 is 4.90 Å². The topological polar surface area (TPSA) is 8.17 Å². The maximum Gasteiger partial charge on any atom is 0.0633 e. The van der Waals surface area contributed by atoms with Crippen LogP contribution in [0.15, 0.2) is 194 Å². The van der Waals surface area contributed by atoms with E-state index in [-0.39, 0.29) is 0 Å². The van der Waals surface area contributed by atoms with Crippen molar-refractivity contribution in [3.05, 3.63) is 194 Å². The lowest BCUT2D eigenvalue weighted by atomic mass is 9.86. The van der Waals surface area contributed by atoms with E-state index in [1.165, 1.54) is 103 Å². The van der Waals surface area contributed by atoms with Crippen molar-refractivity contribution in [2.24, 2.45) is 0 Å². The van der Waals surface area contributed by atoms with Crippen LogP contribution in [0.2, 0.25) is 0 Å². The van der Waals surface area contributed by atoms with Crippen molar-refractivity contribution in [1.29, 1.82) is 0 Å². The van der Waals surface area contributed by atoms with Gasteiger partial charge in [0.1, 0.15) is 0 Å². The van der Waals surface area contributed by atoms with E-state index in [4.69, 9.17) is 0 Å². The number of rotatable bonds is 4. The van der Waals surface area contributed by atoms with E-state index in [0.29, 0.717) is 0 Å². The predicted molar refractivity (Wildman–Crippen MR) is 236 cm³/mol. The molecule has 1 aliphatic rings. The van der Waals surface area contributed by atoms with Gasteiger partial charge in [-0.2, -0.15) is 0 Å². The van der Waals surface area contributed by atoms with Gasteiger partial charge in [-0.15, -0.1) is 11.3 Å². The molecule has 0 fully saturated rings. The van der Waals surface area contributed by atoms with E-state index >= 15 is 0 Å². The van der Waals surface area contributed by atoms with Gasteiger partial charge >= 0.3 is 0 Å². The maximum absolute atomic E-state index is 2.51. The lowest BCUT2D eigenvalue weighted by Crippen LogP contribution is -2.15. The first-order chi connectivity index (χ1) is 27.3. The first-order valence-electron chi connectivity index (χ1n) is 18.9. The van der Waals surface area contributed by atoms with Gasteiger partial charge < -0.3 is 9.47 Å². The molecule has 0 amide bonds. The summed E-state index contributed by atoms with van der Waals surface area (Å²) in [5.74, 6) is 0. The van der Waals surface area contributed by atoms with Crippen LogP contribution in [-0.2, 0) is 0 Å². The summed E-state index contributed by atoms with van der Waals surface area (Å²) in [7, 11) is 0. The smallest absolute Gasteiger partial charge is 0.0633 e. The molecule has 0 saturated carbocycles. The van der Waals surface area contributed by atoms with Crippen molar-refractivity contribution in [2.75, 3.05) is 4.90 Å². The Balaban J connectivity index is 1.13. The highest BCUT2D eigenvalue weighted by Crippen LogP contribution is 2.56. The van der Waals surface area contributed by atoms with Crippen molar-refractivity contribution in [1.82, 2.24) is 4.57 Å². The molecule has 0 atom stereocenters. The number of para-hydroxylation sites is 2. The van der Waals surface area contributed by atoms with Crippen LogP contribution in [0.1, 0.15) is 0 Å². The molecular weight excluding hydrogens is 685 g/mol. The third kappa shape index (κ3) is 4.48. The van der Waals surface area contributed by atoms with Crippen LogP contribution in [0.3, 0.4) is 0 Å². The fraction of sp³-hybridized carbons (Fsp3) is 0. The quantitative estimate of drug-likeness (QED) is 0.176. The minimum atomic E-state index is 1.16. The standard InChI is InChI=1S/C52H32N2S/c1-4-13-33(14-5-1)34-23-28-45-43(31-34)44-32-35(24-29-46(44)53(45)36-15-6-2-7-16-36)38-25-26-40-41-27-30-49-51(42-19-10-11-22-48(42)55-49)52(41)54(37-17-8-3-9-18-37)47-21-12-20-39(38)50(40)47/h1-32H. The molecule has 0 saturated heterocycles. The molecule has 55 heavy (non-hydrogen) atoms. The van der Waals surface area contributed by atoms with Crippen molar-refractivity contribution < 1.29 is 0 Å². The Hall–Kier alpha value is -6.94. The van der Waals surface area contributed by atoms with Crippen molar-refractivity contribution in [3.63, 3.8) is 0 Å². The minimum Gasteiger partial charge on any atom is -0.309 e. The van der Waals surface area contributed by atoms with Crippen LogP contribution in [0.25, 0.3) is 91.8 Å². The Labute approximate surface area is 322 Å². The van der Waals surface area contributed by atoms with Gasteiger partial charge in [0.05, 0.1) is 22.4 Å². The van der Waals surface area contributed by atoms with Crippen LogP contribution in [-0.4, -0.2) is 4.57 Å². The van der Waals surface area contributed by atoms with E-state index in [0.717, 1.165) is 5.69 Å². The van der Waals surface area contributed by atoms with Crippen LogP contribution >= 0.6 is 11.3 Å². The number of anilines is 3. The fourth-order valence-electron chi connectivity index (χ4n) is 9.12. The molecule has 0 spiro atoms. The van der Waals surface area contributed by atoms with Gasteiger partial charge in [-0.1, -0.05) is 127 Å². The van der Waals surface area contributed by atoms with Gasteiger partial charge in [-0.25, -0.2) is 0 Å². The molecule has 9 aromatic carbocycles. The zero-order valence-corrected chi connectivity index (χ0v) is 30.6. The zero-order chi connectivity index (χ0) is 36.0. The molecule has 3 heteroatoms. The summed E-state index contributed by atoms with van der Waals surface area (Å²) in [5, 5.41) is 7.68. The van der Waals surface area contributed by atoms with Crippen molar-refractivity contribution in [3.8, 4) is 39.1 Å². The molecule has 0 bridgehead atoms. The molecule has 12 rings (SSSR count). The number of thiophene rings is 1. The van der Waals surface area contributed by atoms with Crippen molar-refractivity contribution >= 4 is 81.1 Å². The Morgan fingerprint density at radius 3 is 1.75 bits per heavy atom. The zero-order valence-electron chi connectivity index (χ0n) is 29.8. The third-order valence-electron chi connectivity index (χ3n) is 11.5. The monoisotopic (exact) mass is 716 g/mol. The largest absolute Gasteiger partial charge is 0.309 e. The normalized spacial score (nSPS) is 12.3. The van der Waals surface area contributed by atoms with Gasteiger partial charge in [0.25, 0.3) is 0 Å².